The molecule has 1 aromatic heterocycles. The van der Waals surface area contributed by atoms with Crippen molar-refractivity contribution in [3.05, 3.63) is 51.8 Å². The molecule has 2 amide bonds. The van der Waals surface area contributed by atoms with Crippen LogP contribution >= 0.6 is 0 Å². The first kappa shape index (κ1) is 25.9. The van der Waals surface area contributed by atoms with E-state index in [1.165, 1.54) is 12.1 Å². The van der Waals surface area contributed by atoms with Crippen molar-refractivity contribution in [2.45, 2.75) is 20.0 Å². The zero-order chi connectivity index (χ0) is 25.9. The molecule has 0 radical (unpaired) electrons. The van der Waals surface area contributed by atoms with Gasteiger partial charge in [0, 0.05) is 35.7 Å². The number of ether oxygens (including phenoxy) is 3. The average Bonchev–Trinajstić information content (AvgIpc) is 3.27. The second-order valence-electron chi connectivity index (χ2n) is 8.56. The molecule has 0 spiro atoms. The van der Waals surface area contributed by atoms with Crippen molar-refractivity contribution in [3.8, 4) is 0 Å². The highest BCUT2D eigenvalue weighted by Gasteiger charge is 2.34. The lowest BCUT2D eigenvalue weighted by Gasteiger charge is -2.24. The van der Waals surface area contributed by atoms with Gasteiger partial charge in [0.15, 0.2) is 0 Å². The molecule has 2 aromatic rings. The molecule has 1 aromatic carbocycles. The van der Waals surface area contributed by atoms with Crippen molar-refractivity contribution in [1.82, 2.24) is 9.88 Å². The Morgan fingerprint density at radius 3 is 2.22 bits per heavy atom. The predicted octanol–water partition coefficient (Wildman–Crippen LogP) is 3.65. The van der Waals surface area contributed by atoms with Gasteiger partial charge in [-0.15, -0.1) is 0 Å². The lowest BCUT2D eigenvalue weighted by atomic mass is 10.0. The Balaban J connectivity index is 1.62. The fourth-order valence-corrected chi connectivity index (χ4v) is 4.26. The molecule has 2 N–H and O–H groups in total. The van der Waals surface area contributed by atoms with Crippen LogP contribution in [0.1, 0.15) is 38.4 Å². The zero-order valence-electron chi connectivity index (χ0n) is 20.1. The Morgan fingerprint density at radius 2 is 1.61 bits per heavy atom. The van der Waals surface area contributed by atoms with Crippen LogP contribution in [0.3, 0.4) is 0 Å². The minimum atomic E-state index is -4.53. The molecule has 0 bridgehead atoms. The van der Waals surface area contributed by atoms with Gasteiger partial charge in [0.05, 0.1) is 56.3 Å². The van der Waals surface area contributed by atoms with E-state index in [1.807, 2.05) is 0 Å². The third-order valence-corrected chi connectivity index (χ3v) is 6.15. The van der Waals surface area contributed by atoms with Crippen molar-refractivity contribution < 1.29 is 37.0 Å². The fraction of sp³-hybridized carbons (Fsp3) is 0.440. The third-order valence-electron chi connectivity index (χ3n) is 6.15. The van der Waals surface area contributed by atoms with E-state index in [4.69, 9.17) is 14.2 Å². The van der Waals surface area contributed by atoms with Gasteiger partial charge >= 0.3 is 6.18 Å². The maximum absolute atomic E-state index is 13.5. The normalized spacial score (nSPS) is 19.0. The SMILES string of the molecule is Cc1[nH]c(C=C2C(=O)Nc3ccc(C(F)(F)F)cc32)c(C)c1C(=O)N1CCOCCOCCOCC1. The number of alkyl halides is 3. The van der Waals surface area contributed by atoms with Crippen LogP contribution in [0, 0.1) is 13.8 Å². The maximum Gasteiger partial charge on any atom is 0.416 e. The number of nitrogens with one attached hydrogen (secondary N) is 2. The van der Waals surface area contributed by atoms with Crippen molar-refractivity contribution in [3.63, 3.8) is 0 Å². The van der Waals surface area contributed by atoms with Crippen LogP contribution in [-0.2, 0) is 25.2 Å². The smallest absolute Gasteiger partial charge is 0.377 e. The van der Waals surface area contributed by atoms with Crippen molar-refractivity contribution >= 4 is 29.2 Å². The van der Waals surface area contributed by atoms with Crippen molar-refractivity contribution in [2.75, 3.05) is 58.0 Å². The highest BCUT2D eigenvalue weighted by molar-refractivity contribution is 6.35. The van der Waals surface area contributed by atoms with Gasteiger partial charge in [-0.25, -0.2) is 0 Å². The summed E-state index contributed by atoms with van der Waals surface area (Å²) in [6, 6.07) is 3.13. The summed E-state index contributed by atoms with van der Waals surface area (Å²) in [6.07, 6.45) is -3.05. The number of nitrogens with zero attached hydrogens (tertiary/aromatic N) is 1. The molecule has 0 aliphatic carbocycles. The van der Waals surface area contributed by atoms with Gasteiger partial charge in [0.1, 0.15) is 0 Å². The molecule has 0 atom stereocenters. The summed E-state index contributed by atoms with van der Waals surface area (Å²) in [5.41, 5.74) is 1.83. The molecular formula is C25H28F3N3O5. The Bertz CT molecular complexity index is 1160. The second kappa shape index (κ2) is 10.9. The molecular weight excluding hydrogens is 479 g/mol. The number of aryl methyl sites for hydroxylation is 1. The lowest BCUT2D eigenvalue weighted by molar-refractivity contribution is -0.137. The largest absolute Gasteiger partial charge is 0.416 e. The lowest BCUT2D eigenvalue weighted by Crippen LogP contribution is -2.37. The van der Waals surface area contributed by atoms with E-state index in [-0.39, 0.29) is 17.0 Å². The molecule has 194 valence electrons. The number of halogens is 3. The van der Waals surface area contributed by atoms with Gasteiger partial charge in [-0.05, 0) is 43.7 Å². The van der Waals surface area contributed by atoms with Crippen LogP contribution in [0.5, 0.6) is 0 Å². The molecule has 2 aliphatic rings. The number of aromatic amines is 1. The minimum Gasteiger partial charge on any atom is -0.377 e. The van der Waals surface area contributed by atoms with E-state index in [9.17, 15) is 22.8 Å². The monoisotopic (exact) mass is 507 g/mol. The van der Waals surface area contributed by atoms with Gasteiger partial charge < -0.3 is 29.4 Å². The number of hydrogen-bond acceptors (Lipinski definition) is 5. The number of benzene rings is 1. The van der Waals surface area contributed by atoms with E-state index in [2.05, 4.69) is 10.3 Å². The fourth-order valence-electron chi connectivity index (χ4n) is 4.26. The molecule has 0 unspecified atom stereocenters. The highest BCUT2D eigenvalue weighted by Crippen LogP contribution is 2.38. The number of carbonyl (C=O) groups is 2. The highest BCUT2D eigenvalue weighted by atomic mass is 19.4. The molecule has 3 heterocycles. The standard InChI is InChI=1S/C25H28F3N3O5/c1-15-21(14-19-18-13-17(25(26,27)28)3-4-20(18)30-23(19)32)29-16(2)22(15)24(33)31-5-7-34-9-11-36-12-10-35-8-6-31/h3-4,13-14,29H,5-12H2,1-2H3,(H,30,32). The van der Waals surface area contributed by atoms with Crippen LogP contribution in [-0.4, -0.2) is 74.4 Å². The number of rotatable bonds is 2. The van der Waals surface area contributed by atoms with Crippen LogP contribution < -0.4 is 5.32 Å². The van der Waals surface area contributed by atoms with E-state index in [0.29, 0.717) is 80.9 Å². The summed E-state index contributed by atoms with van der Waals surface area (Å²) >= 11 is 0. The zero-order valence-corrected chi connectivity index (χ0v) is 20.1. The quantitative estimate of drug-likeness (QED) is 0.606. The summed E-state index contributed by atoms with van der Waals surface area (Å²) in [7, 11) is 0. The molecule has 36 heavy (non-hydrogen) atoms. The third kappa shape index (κ3) is 5.63. The van der Waals surface area contributed by atoms with E-state index in [1.54, 1.807) is 18.7 Å². The van der Waals surface area contributed by atoms with Gasteiger partial charge in [0.25, 0.3) is 11.8 Å². The molecule has 11 heteroatoms. The van der Waals surface area contributed by atoms with Crippen LogP contribution in [0.2, 0.25) is 0 Å². The second-order valence-corrected chi connectivity index (χ2v) is 8.56. The first-order valence-electron chi connectivity index (χ1n) is 11.6. The Morgan fingerprint density at radius 1 is 1.00 bits per heavy atom. The van der Waals surface area contributed by atoms with Crippen molar-refractivity contribution in [1.29, 1.82) is 0 Å². The van der Waals surface area contributed by atoms with E-state index in [0.717, 1.165) is 12.1 Å². The van der Waals surface area contributed by atoms with E-state index < -0.39 is 17.6 Å². The number of amides is 2. The summed E-state index contributed by atoms with van der Waals surface area (Å²) < 4.78 is 56.2. The number of hydrogen-bond donors (Lipinski definition) is 2. The molecule has 1 fully saturated rings. The molecule has 0 saturated carbocycles. The van der Waals surface area contributed by atoms with Crippen LogP contribution in [0.4, 0.5) is 18.9 Å². The van der Waals surface area contributed by atoms with Gasteiger partial charge in [-0.1, -0.05) is 0 Å². The average molecular weight is 508 g/mol. The summed E-state index contributed by atoms with van der Waals surface area (Å²) in [5.74, 6) is -0.729. The summed E-state index contributed by atoms with van der Waals surface area (Å²) in [5, 5.41) is 2.59. The predicted molar refractivity (Wildman–Crippen MR) is 127 cm³/mol. The van der Waals surface area contributed by atoms with Gasteiger partial charge in [0.2, 0.25) is 0 Å². The number of carbonyl (C=O) groups excluding carboxylic acids is 2. The topological polar surface area (TPSA) is 92.9 Å². The maximum atomic E-state index is 13.5. The first-order valence-corrected chi connectivity index (χ1v) is 11.6. The molecule has 2 aliphatic heterocycles. The Kier molecular flexibility index (Phi) is 7.82. The van der Waals surface area contributed by atoms with Crippen LogP contribution in [0.25, 0.3) is 11.6 Å². The Hall–Kier alpha value is -3.15. The molecule has 4 rings (SSSR count). The number of anilines is 1. The molecule has 8 nitrogen and oxygen atoms in total. The Labute approximate surface area is 206 Å². The van der Waals surface area contributed by atoms with Gasteiger partial charge in [-0.3, -0.25) is 9.59 Å². The first-order chi connectivity index (χ1) is 17.2. The minimum absolute atomic E-state index is 0.0924. The summed E-state index contributed by atoms with van der Waals surface area (Å²) in [4.78, 5) is 30.8. The number of H-pyrrole nitrogens is 1. The van der Waals surface area contributed by atoms with Crippen molar-refractivity contribution in [2.24, 2.45) is 0 Å². The van der Waals surface area contributed by atoms with Crippen LogP contribution in [0.15, 0.2) is 18.2 Å². The number of aromatic nitrogens is 1. The molecule has 1 saturated heterocycles. The van der Waals surface area contributed by atoms with Gasteiger partial charge in [-0.2, -0.15) is 13.2 Å². The summed E-state index contributed by atoms with van der Waals surface area (Å²) in [6.45, 7) is 6.62. The van der Waals surface area contributed by atoms with E-state index >= 15 is 0 Å². The number of fused-ring (bicyclic) bond motifs is 1.